The smallest absolute Gasteiger partial charge is 0.305 e. The first-order chi connectivity index (χ1) is 15.7. The summed E-state index contributed by atoms with van der Waals surface area (Å²) < 4.78 is 83.2. The van der Waals surface area contributed by atoms with Crippen molar-refractivity contribution in [2.45, 2.75) is 50.6 Å². The molecule has 0 aromatic heterocycles. The van der Waals surface area contributed by atoms with E-state index in [4.69, 9.17) is 4.74 Å². The van der Waals surface area contributed by atoms with Gasteiger partial charge in [-0.25, -0.2) is 17.6 Å². The van der Waals surface area contributed by atoms with Crippen molar-refractivity contribution >= 4 is 43.4 Å². The van der Waals surface area contributed by atoms with E-state index in [0.717, 1.165) is 24.6 Å². The van der Waals surface area contributed by atoms with E-state index in [1.165, 1.54) is 18.2 Å². The minimum atomic E-state index is -3.50. The predicted molar refractivity (Wildman–Crippen MR) is 120 cm³/mol. The average Bonchev–Trinajstić information content (AvgIpc) is 2.73. The van der Waals surface area contributed by atoms with Crippen LogP contribution in [0.4, 0.5) is 26.3 Å². The molecular formula is C23H20Br2F6O3. The van der Waals surface area contributed by atoms with Crippen LogP contribution in [-0.2, 0) is 9.53 Å². The fraction of sp³-hybridized carbons (Fsp3) is 0.391. The van der Waals surface area contributed by atoms with Gasteiger partial charge in [-0.15, -0.1) is 0 Å². The number of hydrogen-bond donors (Lipinski definition) is 0. The lowest BCUT2D eigenvalue weighted by Gasteiger charge is -2.29. The number of carbonyl (C=O) groups excluding carboxylic acids is 2. The van der Waals surface area contributed by atoms with Crippen LogP contribution in [0.3, 0.4) is 0 Å². The zero-order valence-electron chi connectivity index (χ0n) is 17.8. The van der Waals surface area contributed by atoms with Gasteiger partial charge in [0, 0.05) is 40.7 Å². The standard InChI is InChI=1S/C12H10BrF3O2.C11H10BrF3O/c1-7(17)12(15,16)5-4-11(18)9-3-2-8(14)6-10(9)13;12-9-5-7(13)1-2-8(9)10-3-4-11(14,15)6-16-10/h2-3,6H,4-5H2,1H3;1-2,5,10H,3-4,6H2. The van der Waals surface area contributed by atoms with Gasteiger partial charge in [-0.05, 0) is 58.2 Å². The van der Waals surface area contributed by atoms with Crippen LogP contribution < -0.4 is 0 Å². The largest absolute Gasteiger partial charge is 0.367 e. The molecule has 0 amide bonds. The molecule has 11 heteroatoms. The van der Waals surface area contributed by atoms with E-state index in [-0.39, 0.29) is 34.8 Å². The summed E-state index contributed by atoms with van der Waals surface area (Å²) in [4.78, 5) is 22.3. The van der Waals surface area contributed by atoms with E-state index in [9.17, 15) is 35.9 Å². The third-order valence-corrected chi connectivity index (χ3v) is 6.33. The summed E-state index contributed by atoms with van der Waals surface area (Å²) in [5.74, 6) is -8.97. The Morgan fingerprint density at radius 1 is 1.06 bits per heavy atom. The summed E-state index contributed by atoms with van der Waals surface area (Å²) in [5, 5.41) is 0. The lowest BCUT2D eigenvalue weighted by Crippen LogP contribution is -2.31. The van der Waals surface area contributed by atoms with Crippen LogP contribution in [0.25, 0.3) is 0 Å². The third-order valence-electron chi connectivity index (χ3n) is 4.99. The Hall–Kier alpha value is -1.72. The van der Waals surface area contributed by atoms with Crippen LogP contribution in [0.5, 0.6) is 0 Å². The predicted octanol–water partition coefficient (Wildman–Crippen LogP) is 7.85. The van der Waals surface area contributed by atoms with Crippen LogP contribution in [-0.4, -0.2) is 30.0 Å². The van der Waals surface area contributed by atoms with Crippen LogP contribution in [0, 0.1) is 11.6 Å². The highest BCUT2D eigenvalue weighted by atomic mass is 79.9. The molecule has 0 saturated carbocycles. The van der Waals surface area contributed by atoms with E-state index in [0.29, 0.717) is 4.47 Å². The Morgan fingerprint density at radius 2 is 1.65 bits per heavy atom. The summed E-state index contributed by atoms with van der Waals surface area (Å²) in [7, 11) is 0. The van der Waals surface area contributed by atoms with Gasteiger partial charge in [0.2, 0.25) is 0 Å². The maximum absolute atomic E-state index is 13.0. The van der Waals surface area contributed by atoms with Gasteiger partial charge in [0.05, 0.1) is 6.10 Å². The zero-order chi connectivity index (χ0) is 25.7. The molecule has 186 valence electrons. The van der Waals surface area contributed by atoms with Crippen molar-refractivity contribution < 1.29 is 40.7 Å². The molecule has 0 aliphatic carbocycles. The zero-order valence-corrected chi connectivity index (χ0v) is 21.0. The van der Waals surface area contributed by atoms with E-state index in [2.05, 4.69) is 31.9 Å². The highest BCUT2D eigenvalue weighted by Gasteiger charge is 2.37. The quantitative estimate of drug-likeness (QED) is 0.245. The number of ketones is 2. The number of ether oxygens (including phenoxy) is 1. The van der Waals surface area contributed by atoms with Crippen LogP contribution in [0.1, 0.15) is 54.6 Å². The molecule has 1 heterocycles. The van der Waals surface area contributed by atoms with Gasteiger partial charge in [0.1, 0.15) is 18.2 Å². The first-order valence-electron chi connectivity index (χ1n) is 10.0. The molecule has 3 nitrogen and oxygen atoms in total. The Morgan fingerprint density at radius 3 is 2.15 bits per heavy atom. The van der Waals surface area contributed by atoms with Crippen molar-refractivity contribution in [2.24, 2.45) is 0 Å². The third kappa shape index (κ3) is 8.20. The topological polar surface area (TPSA) is 43.4 Å². The molecule has 2 aromatic rings. The molecule has 2 aromatic carbocycles. The lowest BCUT2D eigenvalue weighted by molar-refractivity contribution is -0.145. The van der Waals surface area contributed by atoms with Gasteiger partial charge in [-0.3, -0.25) is 9.59 Å². The fourth-order valence-corrected chi connectivity index (χ4v) is 4.20. The van der Waals surface area contributed by atoms with Crippen LogP contribution in [0.15, 0.2) is 45.3 Å². The molecule has 1 aliphatic rings. The van der Waals surface area contributed by atoms with E-state index < -0.39 is 48.7 Å². The van der Waals surface area contributed by atoms with Gasteiger partial charge in [0.25, 0.3) is 5.92 Å². The SMILES string of the molecule is CC(=O)C(F)(F)CCC(=O)c1ccc(F)cc1Br.Fc1ccc(C2CCC(F)(F)CO2)c(Br)c1. The van der Waals surface area contributed by atoms with Gasteiger partial charge in [-0.2, -0.15) is 8.78 Å². The maximum Gasteiger partial charge on any atom is 0.305 e. The van der Waals surface area contributed by atoms with Crippen molar-refractivity contribution in [1.82, 2.24) is 0 Å². The molecule has 1 atom stereocenters. The van der Waals surface area contributed by atoms with Crippen molar-refractivity contribution in [3.05, 3.63) is 68.1 Å². The van der Waals surface area contributed by atoms with Crippen molar-refractivity contribution in [2.75, 3.05) is 6.61 Å². The van der Waals surface area contributed by atoms with Crippen molar-refractivity contribution in [3.8, 4) is 0 Å². The minimum Gasteiger partial charge on any atom is -0.367 e. The average molecular weight is 618 g/mol. The lowest BCUT2D eigenvalue weighted by atomic mass is 10.00. The van der Waals surface area contributed by atoms with Crippen molar-refractivity contribution in [3.63, 3.8) is 0 Å². The molecule has 34 heavy (non-hydrogen) atoms. The van der Waals surface area contributed by atoms with E-state index in [1.54, 1.807) is 6.07 Å². The monoisotopic (exact) mass is 616 g/mol. The second-order valence-corrected chi connectivity index (χ2v) is 9.38. The van der Waals surface area contributed by atoms with Gasteiger partial charge in [-0.1, -0.05) is 22.0 Å². The normalized spacial score (nSPS) is 17.5. The molecule has 0 radical (unpaired) electrons. The number of halogens is 8. The maximum atomic E-state index is 13.0. The summed E-state index contributed by atoms with van der Waals surface area (Å²) in [6.45, 7) is 0.208. The van der Waals surface area contributed by atoms with Gasteiger partial charge >= 0.3 is 5.92 Å². The number of hydrogen-bond acceptors (Lipinski definition) is 3. The summed E-state index contributed by atoms with van der Waals surface area (Å²) in [6.07, 6.45) is -1.64. The number of alkyl halides is 4. The number of Topliss-reactive ketones (excluding diaryl/α,β-unsaturated/α-hetero) is 2. The second-order valence-electron chi connectivity index (χ2n) is 7.67. The van der Waals surface area contributed by atoms with E-state index >= 15 is 0 Å². The van der Waals surface area contributed by atoms with Crippen molar-refractivity contribution in [1.29, 1.82) is 0 Å². The first-order valence-corrected chi connectivity index (χ1v) is 11.6. The Bertz CT molecular complexity index is 1040. The first kappa shape index (κ1) is 28.5. The fourth-order valence-electron chi connectivity index (χ4n) is 3.03. The molecule has 1 aliphatic heterocycles. The van der Waals surface area contributed by atoms with Gasteiger partial charge < -0.3 is 4.74 Å². The molecule has 1 fully saturated rings. The van der Waals surface area contributed by atoms with Gasteiger partial charge in [0.15, 0.2) is 11.6 Å². The Balaban J connectivity index is 0.000000241. The number of carbonyl (C=O) groups is 2. The highest BCUT2D eigenvalue weighted by molar-refractivity contribution is 9.10. The molecule has 1 saturated heterocycles. The summed E-state index contributed by atoms with van der Waals surface area (Å²) in [5.41, 5.74) is 0.840. The van der Waals surface area contributed by atoms with E-state index in [1.807, 2.05) is 0 Å². The molecule has 0 spiro atoms. The van der Waals surface area contributed by atoms with Crippen LogP contribution in [0.2, 0.25) is 0 Å². The minimum absolute atomic E-state index is 0.121. The highest BCUT2D eigenvalue weighted by Crippen LogP contribution is 2.38. The molecule has 0 bridgehead atoms. The summed E-state index contributed by atoms with van der Waals surface area (Å²) >= 11 is 6.19. The van der Waals surface area contributed by atoms with Crippen LogP contribution >= 0.6 is 31.9 Å². The molecule has 1 unspecified atom stereocenters. The number of benzene rings is 2. The summed E-state index contributed by atoms with van der Waals surface area (Å²) in [6, 6.07) is 7.54. The number of rotatable bonds is 6. The molecular weight excluding hydrogens is 598 g/mol. The molecule has 0 N–H and O–H groups in total. The molecule has 3 rings (SSSR count). The Kier molecular flexibility index (Phi) is 9.91. The second kappa shape index (κ2) is 11.8. The Labute approximate surface area is 209 Å².